The minimum absolute atomic E-state index is 0.0551. The Morgan fingerprint density at radius 2 is 1.74 bits per heavy atom. The van der Waals surface area contributed by atoms with Crippen molar-refractivity contribution in [3.05, 3.63) is 47.5 Å². The number of nitrogen functional groups attached to an aromatic ring is 1. The van der Waals surface area contributed by atoms with Gasteiger partial charge in [0.25, 0.3) is 0 Å². The molecule has 0 aliphatic carbocycles. The van der Waals surface area contributed by atoms with E-state index >= 15 is 0 Å². The van der Waals surface area contributed by atoms with Crippen molar-refractivity contribution in [3.63, 3.8) is 0 Å². The number of methoxy groups -OCH3 is 2. The zero-order chi connectivity index (χ0) is 16.8. The van der Waals surface area contributed by atoms with Crippen LogP contribution in [-0.4, -0.2) is 20.1 Å². The fourth-order valence-electron chi connectivity index (χ4n) is 2.26. The maximum atomic E-state index is 12.1. The van der Waals surface area contributed by atoms with Crippen LogP contribution >= 0.6 is 0 Å². The Hall–Kier alpha value is -2.69. The van der Waals surface area contributed by atoms with E-state index < -0.39 is 0 Å². The zero-order valence-electron chi connectivity index (χ0n) is 13.7. The summed E-state index contributed by atoms with van der Waals surface area (Å²) in [4.78, 5) is 12.1. The van der Waals surface area contributed by atoms with Gasteiger partial charge in [-0.3, -0.25) is 4.79 Å². The summed E-state index contributed by atoms with van der Waals surface area (Å²) < 4.78 is 10.5. The Morgan fingerprint density at radius 3 is 2.35 bits per heavy atom. The Bertz CT molecular complexity index is 676. The van der Waals surface area contributed by atoms with Crippen LogP contribution in [-0.2, 0) is 11.2 Å². The van der Waals surface area contributed by atoms with Crippen molar-refractivity contribution >= 4 is 17.3 Å². The molecule has 1 amide bonds. The molecule has 122 valence electrons. The molecule has 0 aliphatic rings. The van der Waals surface area contributed by atoms with Crippen LogP contribution in [0.2, 0.25) is 0 Å². The number of carbonyl (C=O) groups excluding carboxylic acids is 1. The fraction of sp³-hybridized carbons (Fsp3) is 0.278. The average molecular weight is 314 g/mol. The van der Waals surface area contributed by atoms with E-state index in [0.717, 1.165) is 16.8 Å². The minimum atomic E-state index is -0.0551. The highest BCUT2D eigenvalue weighted by molar-refractivity contribution is 5.92. The van der Waals surface area contributed by atoms with Crippen LogP contribution in [0.3, 0.4) is 0 Å². The van der Waals surface area contributed by atoms with Crippen LogP contribution in [0, 0.1) is 6.92 Å². The molecule has 0 saturated carbocycles. The first kappa shape index (κ1) is 16.7. The normalized spacial score (nSPS) is 10.2. The van der Waals surface area contributed by atoms with E-state index in [-0.39, 0.29) is 5.91 Å². The lowest BCUT2D eigenvalue weighted by atomic mass is 10.1. The van der Waals surface area contributed by atoms with E-state index in [9.17, 15) is 4.79 Å². The third-order valence-corrected chi connectivity index (χ3v) is 3.59. The van der Waals surface area contributed by atoms with E-state index in [1.165, 1.54) is 0 Å². The van der Waals surface area contributed by atoms with Gasteiger partial charge in [0.05, 0.1) is 14.2 Å². The van der Waals surface area contributed by atoms with Crippen LogP contribution in [0.15, 0.2) is 36.4 Å². The lowest BCUT2D eigenvalue weighted by Gasteiger charge is -2.10. The minimum Gasteiger partial charge on any atom is -0.497 e. The average Bonchev–Trinajstić information content (AvgIpc) is 2.56. The van der Waals surface area contributed by atoms with Gasteiger partial charge in [-0.15, -0.1) is 0 Å². The number of benzene rings is 2. The second kappa shape index (κ2) is 7.54. The molecule has 0 aromatic heterocycles. The van der Waals surface area contributed by atoms with Crippen molar-refractivity contribution in [1.29, 1.82) is 0 Å². The number of carbonyl (C=O) groups is 1. The van der Waals surface area contributed by atoms with Crippen LogP contribution in [0.25, 0.3) is 0 Å². The first-order chi connectivity index (χ1) is 11.0. The second-order valence-corrected chi connectivity index (χ2v) is 5.34. The molecule has 0 radical (unpaired) electrons. The molecule has 0 atom stereocenters. The van der Waals surface area contributed by atoms with Crippen molar-refractivity contribution in [1.82, 2.24) is 0 Å². The van der Waals surface area contributed by atoms with E-state index in [4.69, 9.17) is 15.2 Å². The summed E-state index contributed by atoms with van der Waals surface area (Å²) in [6.07, 6.45) is 0.964. The number of nitrogens with one attached hydrogen (secondary N) is 1. The Morgan fingerprint density at radius 1 is 1.09 bits per heavy atom. The molecule has 0 saturated heterocycles. The first-order valence-electron chi connectivity index (χ1n) is 7.39. The van der Waals surface area contributed by atoms with E-state index in [0.29, 0.717) is 30.0 Å². The molecule has 23 heavy (non-hydrogen) atoms. The SMILES string of the molecule is COc1cc(CCC(=O)Nc2cc(N)ccc2C)cc(OC)c1. The second-order valence-electron chi connectivity index (χ2n) is 5.34. The molecule has 2 aromatic carbocycles. The number of anilines is 2. The van der Waals surface area contributed by atoms with E-state index in [1.807, 2.05) is 31.2 Å². The van der Waals surface area contributed by atoms with Crippen molar-refractivity contribution < 1.29 is 14.3 Å². The highest BCUT2D eigenvalue weighted by atomic mass is 16.5. The summed E-state index contributed by atoms with van der Waals surface area (Å²) in [7, 11) is 3.21. The van der Waals surface area contributed by atoms with Gasteiger partial charge in [0.2, 0.25) is 5.91 Å². The highest BCUT2D eigenvalue weighted by Crippen LogP contribution is 2.23. The van der Waals surface area contributed by atoms with Crippen molar-refractivity contribution in [2.24, 2.45) is 0 Å². The van der Waals surface area contributed by atoms with Gasteiger partial charge in [-0.05, 0) is 48.7 Å². The smallest absolute Gasteiger partial charge is 0.224 e. The highest BCUT2D eigenvalue weighted by Gasteiger charge is 2.08. The summed E-state index contributed by atoms with van der Waals surface area (Å²) in [6, 6.07) is 11.1. The van der Waals surface area contributed by atoms with E-state index in [2.05, 4.69) is 5.32 Å². The van der Waals surface area contributed by atoms with Crippen LogP contribution in [0.5, 0.6) is 11.5 Å². The number of rotatable bonds is 6. The van der Waals surface area contributed by atoms with Gasteiger partial charge in [-0.2, -0.15) is 0 Å². The molecule has 2 aromatic rings. The summed E-state index contributed by atoms with van der Waals surface area (Å²) in [5, 5.41) is 2.90. The van der Waals surface area contributed by atoms with Crippen LogP contribution < -0.4 is 20.5 Å². The third kappa shape index (κ3) is 4.64. The van der Waals surface area contributed by atoms with Gasteiger partial charge < -0.3 is 20.5 Å². The lowest BCUT2D eigenvalue weighted by molar-refractivity contribution is -0.116. The zero-order valence-corrected chi connectivity index (χ0v) is 13.7. The van der Waals surface area contributed by atoms with Gasteiger partial charge in [0.15, 0.2) is 0 Å². The van der Waals surface area contributed by atoms with Gasteiger partial charge in [-0.25, -0.2) is 0 Å². The number of ether oxygens (including phenoxy) is 2. The summed E-state index contributed by atoms with van der Waals surface area (Å²) >= 11 is 0. The standard InChI is InChI=1S/C18H22N2O3/c1-12-4-6-14(19)10-17(12)20-18(21)7-5-13-8-15(22-2)11-16(9-13)23-3/h4,6,8-11H,5,7,19H2,1-3H3,(H,20,21). The Kier molecular flexibility index (Phi) is 5.46. The summed E-state index contributed by atoms with van der Waals surface area (Å²) in [5.74, 6) is 1.37. The van der Waals surface area contributed by atoms with Gasteiger partial charge in [0, 0.05) is 23.9 Å². The van der Waals surface area contributed by atoms with Crippen molar-refractivity contribution in [2.45, 2.75) is 19.8 Å². The topological polar surface area (TPSA) is 73.6 Å². The Labute approximate surface area is 136 Å². The molecule has 3 N–H and O–H groups in total. The van der Waals surface area contributed by atoms with Crippen molar-refractivity contribution in [3.8, 4) is 11.5 Å². The van der Waals surface area contributed by atoms with E-state index in [1.54, 1.807) is 26.4 Å². The van der Waals surface area contributed by atoms with Crippen LogP contribution in [0.1, 0.15) is 17.5 Å². The quantitative estimate of drug-likeness (QED) is 0.803. The maximum Gasteiger partial charge on any atom is 0.224 e. The number of amides is 1. The molecule has 0 fully saturated rings. The molecule has 0 unspecified atom stereocenters. The lowest BCUT2D eigenvalue weighted by Crippen LogP contribution is -2.13. The molecular weight excluding hydrogens is 292 g/mol. The molecule has 0 aliphatic heterocycles. The fourth-order valence-corrected chi connectivity index (χ4v) is 2.26. The molecule has 5 heteroatoms. The predicted octanol–water partition coefficient (Wildman–Crippen LogP) is 3.17. The van der Waals surface area contributed by atoms with Gasteiger partial charge in [-0.1, -0.05) is 6.07 Å². The Balaban J connectivity index is 2.00. The molecule has 5 nitrogen and oxygen atoms in total. The number of aryl methyl sites for hydroxylation is 2. The predicted molar refractivity (Wildman–Crippen MR) is 92.1 cm³/mol. The first-order valence-corrected chi connectivity index (χ1v) is 7.39. The van der Waals surface area contributed by atoms with Crippen molar-refractivity contribution in [2.75, 3.05) is 25.3 Å². The van der Waals surface area contributed by atoms with Gasteiger partial charge >= 0.3 is 0 Å². The third-order valence-electron chi connectivity index (χ3n) is 3.59. The molecular formula is C18H22N2O3. The molecule has 0 spiro atoms. The number of nitrogens with two attached hydrogens (primary N) is 1. The number of hydrogen-bond donors (Lipinski definition) is 2. The summed E-state index contributed by atoms with van der Waals surface area (Å²) in [6.45, 7) is 1.93. The number of hydrogen-bond acceptors (Lipinski definition) is 4. The molecule has 0 heterocycles. The molecule has 2 rings (SSSR count). The monoisotopic (exact) mass is 314 g/mol. The van der Waals surface area contributed by atoms with Gasteiger partial charge in [0.1, 0.15) is 11.5 Å². The molecule has 0 bridgehead atoms. The summed E-state index contributed by atoms with van der Waals surface area (Å²) in [5.41, 5.74) is 9.10. The van der Waals surface area contributed by atoms with Crippen LogP contribution in [0.4, 0.5) is 11.4 Å². The largest absolute Gasteiger partial charge is 0.497 e. The maximum absolute atomic E-state index is 12.1.